The second-order valence-corrected chi connectivity index (χ2v) is 6.34. The largest absolute Gasteiger partial charge is 0.497 e. The Kier molecular flexibility index (Phi) is 5.10. The highest BCUT2D eigenvalue weighted by Crippen LogP contribution is 2.15. The van der Waals surface area contributed by atoms with Gasteiger partial charge in [-0.2, -0.15) is 0 Å². The second-order valence-electron chi connectivity index (χ2n) is 4.57. The number of sulfonamides is 1. The predicted octanol–water partition coefficient (Wildman–Crippen LogP) is 2.49. The Labute approximate surface area is 127 Å². The summed E-state index contributed by atoms with van der Waals surface area (Å²) < 4.78 is 57.3. The smallest absolute Gasteiger partial charge is 0.240 e. The van der Waals surface area contributed by atoms with Crippen LogP contribution in [0.4, 0.5) is 8.78 Å². The molecule has 4 nitrogen and oxygen atoms in total. The van der Waals surface area contributed by atoms with E-state index in [0.29, 0.717) is 11.3 Å². The van der Waals surface area contributed by atoms with Crippen LogP contribution >= 0.6 is 0 Å². The Morgan fingerprint density at radius 2 is 1.73 bits per heavy atom. The minimum atomic E-state index is -3.65. The Morgan fingerprint density at radius 3 is 2.32 bits per heavy atom. The van der Waals surface area contributed by atoms with Crippen LogP contribution in [0.15, 0.2) is 47.4 Å². The van der Waals surface area contributed by atoms with Crippen molar-refractivity contribution < 1.29 is 21.9 Å². The molecule has 118 valence electrons. The highest BCUT2D eigenvalue weighted by atomic mass is 32.2. The first-order valence-electron chi connectivity index (χ1n) is 6.50. The van der Waals surface area contributed by atoms with Crippen molar-refractivity contribution in [2.45, 2.75) is 11.3 Å². The van der Waals surface area contributed by atoms with Crippen molar-refractivity contribution in [3.8, 4) is 5.75 Å². The molecule has 0 heterocycles. The summed E-state index contributed by atoms with van der Waals surface area (Å²) in [4.78, 5) is 0.110. The van der Waals surface area contributed by atoms with Crippen LogP contribution in [-0.2, 0) is 16.4 Å². The van der Waals surface area contributed by atoms with Gasteiger partial charge in [-0.05, 0) is 48.4 Å². The van der Waals surface area contributed by atoms with Crippen LogP contribution in [0.5, 0.6) is 5.75 Å². The molecule has 0 aliphatic heterocycles. The molecule has 0 atom stereocenters. The van der Waals surface area contributed by atoms with Crippen molar-refractivity contribution in [2.24, 2.45) is 0 Å². The minimum absolute atomic E-state index is 0.0828. The van der Waals surface area contributed by atoms with Gasteiger partial charge >= 0.3 is 0 Å². The second kappa shape index (κ2) is 6.85. The summed E-state index contributed by atoms with van der Waals surface area (Å²) in [5.74, 6) is -1.32. The first-order chi connectivity index (χ1) is 10.4. The van der Waals surface area contributed by atoms with Gasteiger partial charge in [0.2, 0.25) is 10.0 Å². The molecule has 22 heavy (non-hydrogen) atoms. The van der Waals surface area contributed by atoms with Gasteiger partial charge in [0.05, 0.1) is 12.0 Å². The van der Waals surface area contributed by atoms with E-state index in [1.807, 2.05) is 0 Å². The van der Waals surface area contributed by atoms with Gasteiger partial charge in [0, 0.05) is 6.54 Å². The van der Waals surface area contributed by atoms with E-state index in [1.165, 1.54) is 25.3 Å². The molecule has 7 heteroatoms. The van der Waals surface area contributed by atoms with Crippen LogP contribution in [0.25, 0.3) is 0 Å². The molecular formula is C15H15F2NO3S. The summed E-state index contributed by atoms with van der Waals surface area (Å²) in [6, 6.07) is 9.44. The summed E-state index contributed by atoms with van der Waals surface area (Å²) in [6.45, 7) is 0.0828. The predicted molar refractivity (Wildman–Crippen MR) is 78.2 cm³/mol. The highest BCUT2D eigenvalue weighted by molar-refractivity contribution is 7.89. The molecule has 2 rings (SSSR count). The minimum Gasteiger partial charge on any atom is -0.497 e. The lowest BCUT2D eigenvalue weighted by Gasteiger charge is -2.08. The van der Waals surface area contributed by atoms with Crippen LogP contribution < -0.4 is 9.46 Å². The Balaban J connectivity index is 1.98. The molecule has 0 unspecified atom stereocenters. The fourth-order valence-electron chi connectivity index (χ4n) is 1.86. The van der Waals surface area contributed by atoms with Crippen molar-refractivity contribution in [1.82, 2.24) is 4.72 Å². The first-order valence-corrected chi connectivity index (χ1v) is 7.98. The molecule has 0 fully saturated rings. The van der Waals surface area contributed by atoms with Crippen molar-refractivity contribution in [1.29, 1.82) is 0 Å². The van der Waals surface area contributed by atoms with E-state index >= 15 is 0 Å². The molecule has 0 radical (unpaired) electrons. The van der Waals surface area contributed by atoms with Crippen LogP contribution in [-0.4, -0.2) is 22.1 Å². The Morgan fingerprint density at radius 1 is 1.05 bits per heavy atom. The molecule has 2 aromatic carbocycles. The third kappa shape index (κ3) is 4.02. The zero-order valence-electron chi connectivity index (χ0n) is 11.8. The Bertz CT molecular complexity index is 746. The van der Waals surface area contributed by atoms with Gasteiger partial charge in [-0.15, -0.1) is 0 Å². The molecule has 0 aliphatic carbocycles. The van der Waals surface area contributed by atoms with Gasteiger partial charge < -0.3 is 4.74 Å². The molecule has 0 bridgehead atoms. The molecule has 0 amide bonds. The van der Waals surface area contributed by atoms with Crippen molar-refractivity contribution in [3.05, 3.63) is 59.7 Å². The lowest BCUT2D eigenvalue weighted by molar-refractivity contribution is 0.414. The zero-order valence-corrected chi connectivity index (χ0v) is 12.7. The maximum Gasteiger partial charge on any atom is 0.240 e. The first kappa shape index (κ1) is 16.4. The highest BCUT2D eigenvalue weighted by Gasteiger charge is 2.13. The van der Waals surface area contributed by atoms with Crippen LogP contribution in [0.2, 0.25) is 0 Å². The van der Waals surface area contributed by atoms with Gasteiger partial charge in [0.15, 0.2) is 11.6 Å². The summed E-state index contributed by atoms with van der Waals surface area (Å²) in [7, 11) is -2.16. The summed E-state index contributed by atoms with van der Waals surface area (Å²) in [5.41, 5.74) is 0.510. The number of nitrogens with one attached hydrogen (secondary N) is 1. The van der Waals surface area contributed by atoms with Gasteiger partial charge in [0.25, 0.3) is 0 Å². The number of hydrogen-bond donors (Lipinski definition) is 1. The number of hydrogen-bond acceptors (Lipinski definition) is 3. The molecule has 0 aliphatic rings. The zero-order chi connectivity index (χ0) is 16.2. The van der Waals surface area contributed by atoms with Crippen LogP contribution in [0.1, 0.15) is 5.56 Å². The van der Waals surface area contributed by atoms with Gasteiger partial charge in [0.1, 0.15) is 5.75 Å². The average molecular weight is 327 g/mol. The third-order valence-electron chi connectivity index (χ3n) is 3.06. The van der Waals surface area contributed by atoms with Gasteiger partial charge in [-0.25, -0.2) is 21.9 Å². The van der Waals surface area contributed by atoms with E-state index in [1.54, 1.807) is 12.1 Å². The third-order valence-corrected chi connectivity index (χ3v) is 4.54. The van der Waals surface area contributed by atoms with E-state index in [4.69, 9.17) is 4.74 Å². The van der Waals surface area contributed by atoms with E-state index in [-0.39, 0.29) is 17.9 Å². The number of ether oxygens (including phenoxy) is 1. The van der Waals surface area contributed by atoms with E-state index in [2.05, 4.69) is 4.72 Å². The Hall–Kier alpha value is -1.99. The molecule has 0 aromatic heterocycles. The van der Waals surface area contributed by atoms with E-state index in [9.17, 15) is 17.2 Å². The topological polar surface area (TPSA) is 55.4 Å². The number of rotatable bonds is 6. The lowest BCUT2D eigenvalue weighted by atomic mass is 10.1. The van der Waals surface area contributed by atoms with Gasteiger partial charge in [-0.1, -0.05) is 6.07 Å². The number of benzene rings is 2. The standard InChI is InChI=1S/C15H15F2NO3S/c1-21-12-3-5-13(6-4-12)22(19,20)18-9-8-11-2-7-14(16)15(17)10-11/h2-7,10,18H,8-9H2,1H3. The van der Waals surface area contributed by atoms with E-state index in [0.717, 1.165) is 12.1 Å². The quantitative estimate of drug-likeness (QED) is 0.887. The molecule has 0 spiro atoms. The van der Waals surface area contributed by atoms with Crippen molar-refractivity contribution in [2.75, 3.05) is 13.7 Å². The van der Waals surface area contributed by atoms with Crippen molar-refractivity contribution in [3.63, 3.8) is 0 Å². The summed E-state index contributed by atoms with van der Waals surface area (Å²) in [5, 5.41) is 0. The normalized spacial score (nSPS) is 11.4. The van der Waals surface area contributed by atoms with Crippen LogP contribution in [0, 0.1) is 11.6 Å². The summed E-state index contributed by atoms with van der Waals surface area (Å²) in [6.07, 6.45) is 0.257. The molecule has 2 aromatic rings. The van der Waals surface area contributed by atoms with Crippen molar-refractivity contribution >= 4 is 10.0 Å². The molecular weight excluding hydrogens is 312 g/mol. The monoisotopic (exact) mass is 327 g/mol. The maximum absolute atomic E-state index is 13.1. The average Bonchev–Trinajstić information content (AvgIpc) is 2.51. The fourth-order valence-corrected chi connectivity index (χ4v) is 2.89. The molecule has 1 N–H and O–H groups in total. The fraction of sp³-hybridized carbons (Fsp3) is 0.200. The van der Waals surface area contributed by atoms with Crippen LogP contribution in [0.3, 0.4) is 0 Å². The number of halogens is 2. The number of methoxy groups -OCH3 is 1. The SMILES string of the molecule is COc1ccc(S(=O)(=O)NCCc2ccc(F)c(F)c2)cc1. The summed E-state index contributed by atoms with van der Waals surface area (Å²) >= 11 is 0. The molecule has 0 saturated carbocycles. The molecule has 0 saturated heterocycles. The van der Waals surface area contributed by atoms with Gasteiger partial charge in [-0.3, -0.25) is 0 Å². The van der Waals surface area contributed by atoms with E-state index < -0.39 is 21.7 Å². The lowest BCUT2D eigenvalue weighted by Crippen LogP contribution is -2.26. The maximum atomic E-state index is 13.1.